The molecule has 1 aromatic heterocycles. The van der Waals surface area contributed by atoms with E-state index < -0.39 is 15.9 Å². The lowest BCUT2D eigenvalue weighted by Gasteiger charge is -2.32. The van der Waals surface area contributed by atoms with E-state index in [1.165, 1.54) is 19.2 Å². The van der Waals surface area contributed by atoms with Gasteiger partial charge in [0.25, 0.3) is 15.9 Å². The summed E-state index contributed by atoms with van der Waals surface area (Å²) in [6, 6.07) is 10.2. The van der Waals surface area contributed by atoms with E-state index in [2.05, 4.69) is 26.9 Å². The number of nitrogens with one attached hydrogen (secondary N) is 2. The van der Waals surface area contributed by atoms with Crippen molar-refractivity contribution >= 4 is 21.6 Å². The van der Waals surface area contributed by atoms with Gasteiger partial charge in [-0.3, -0.25) is 9.69 Å². The normalized spacial score (nSPS) is 16.4. The molecule has 1 aliphatic heterocycles. The van der Waals surface area contributed by atoms with Gasteiger partial charge in [-0.25, -0.2) is 13.1 Å². The maximum atomic E-state index is 12.3. The Balaban J connectivity index is 1.65. The highest BCUT2D eigenvalue weighted by molar-refractivity contribution is 7.89. The van der Waals surface area contributed by atoms with Crippen LogP contribution < -0.4 is 10.0 Å². The third kappa shape index (κ3) is 4.95. The molecule has 0 atom stereocenters. The van der Waals surface area contributed by atoms with E-state index in [1.807, 2.05) is 18.2 Å². The van der Waals surface area contributed by atoms with Crippen LogP contribution in [0.15, 0.2) is 45.9 Å². The second kappa shape index (κ2) is 8.22. The summed E-state index contributed by atoms with van der Waals surface area (Å²) < 4.78 is 30.7. The molecule has 9 heteroatoms. The Morgan fingerprint density at radius 2 is 1.89 bits per heavy atom. The van der Waals surface area contributed by atoms with Gasteiger partial charge < -0.3 is 14.6 Å². The average Bonchev–Trinajstić information content (AvgIpc) is 3.15. The largest absolute Gasteiger partial charge is 0.438 e. The lowest BCUT2D eigenvalue weighted by atomic mass is 10.1. The summed E-state index contributed by atoms with van der Waals surface area (Å²) >= 11 is 0. The summed E-state index contributed by atoms with van der Waals surface area (Å²) in [7, 11) is -0.315. The van der Waals surface area contributed by atoms with Crippen LogP contribution in [0.25, 0.3) is 0 Å². The number of hydrogen-bond acceptors (Lipinski definition) is 6. The SMILES string of the molecule is CNS(=O)(=O)c1ccc(C(=O)Nc2cccc(CN3CCN(C)CC3)c2)o1. The second-order valence-corrected chi connectivity index (χ2v) is 8.38. The molecule has 0 aliphatic carbocycles. The zero-order valence-electron chi connectivity index (χ0n) is 15.4. The third-order valence-electron chi connectivity index (χ3n) is 4.53. The molecular weight excluding hydrogens is 368 g/mol. The Hall–Kier alpha value is -2.20. The molecule has 1 aliphatic rings. The van der Waals surface area contributed by atoms with Gasteiger partial charge in [0.05, 0.1) is 0 Å². The highest BCUT2D eigenvalue weighted by atomic mass is 32.2. The van der Waals surface area contributed by atoms with Crippen LogP contribution in [0.1, 0.15) is 16.1 Å². The van der Waals surface area contributed by atoms with Crippen LogP contribution >= 0.6 is 0 Å². The van der Waals surface area contributed by atoms with E-state index in [1.54, 1.807) is 6.07 Å². The average molecular weight is 392 g/mol. The summed E-state index contributed by atoms with van der Waals surface area (Å²) in [5.41, 5.74) is 1.75. The molecular formula is C18H24N4O4S. The molecule has 8 nitrogen and oxygen atoms in total. The smallest absolute Gasteiger partial charge is 0.291 e. The zero-order chi connectivity index (χ0) is 19.4. The molecule has 0 unspecified atom stereocenters. The van der Waals surface area contributed by atoms with Crippen molar-refractivity contribution in [2.45, 2.75) is 11.6 Å². The van der Waals surface area contributed by atoms with Crippen LogP contribution in [-0.2, 0) is 16.6 Å². The van der Waals surface area contributed by atoms with Crippen LogP contribution in [0.4, 0.5) is 5.69 Å². The maximum Gasteiger partial charge on any atom is 0.291 e. The summed E-state index contributed by atoms with van der Waals surface area (Å²) in [5, 5.41) is 2.46. The van der Waals surface area contributed by atoms with Crippen molar-refractivity contribution in [3.63, 3.8) is 0 Å². The van der Waals surface area contributed by atoms with E-state index >= 15 is 0 Å². The van der Waals surface area contributed by atoms with Crippen molar-refractivity contribution in [3.8, 4) is 0 Å². The van der Waals surface area contributed by atoms with Crippen LogP contribution in [0.2, 0.25) is 0 Å². The summed E-state index contributed by atoms with van der Waals surface area (Å²) in [6.07, 6.45) is 0. The fourth-order valence-corrected chi connectivity index (χ4v) is 3.54. The highest BCUT2D eigenvalue weighted by Crippen LogP contribution is 2.17. The number of carbonyl (C=O) groups is 1. The standard InChI is InChI=1S/C18H24N4O4S/c1-19-27(24,25)17-7-6-16(26-17)18(23)20-15-5-3-4-14(12-15)13-22-10-8-21(2)9-11-22/h3-7,12,19H,8-11,13H2,1-2H3,(H,20,23). The summed E-state index contributed by atoms with van der Waals surface area (Å²) in [5.74, 6) is -0.558. The topological polar surface area (TPSA) is 94.9 Å². The van der Waals surface area contributed by atoms with Gasteiger partial charge in [-0.2, -0.15) is 0 Å². The second-order valence-electron chi connectivity index (χ2n) is 6.56. The van der Waals surface area contributed by atoms with Gasteiger partial charge in [0.1, 0.15) is 0 Å². The first kappa shape index (κ1) is 19.6. The van der Waals surface area contributed by atoms with E-state index in [0.717, 1.165) is 38.3 Å². The minimum Gasteiger partial charge on any atom is -0.438 e. The predicted molar refractivity (Wildman–Crippen MR) is 102 cm³/mol. The first-order valence-electron chi connectivity index (χ1n) is 8.72. The number of likely N-dealkylation sites (N-methyl/N-ethyl adjacent to an activating group) is 1. The third-order valence-corrected chi connectivity index (χ3v) is 5.81. The van der Waals surface area contributed by atoms with Crippen molar-refractivity contribution in [1.29, 1.82) is 0 Å². The minimum absolute atomic E-state index is 0.0618. The molecule has 0 bridgehead atoms. The van der Waals surface area contributed by atoms with E-state index in [0.29, 0.717) is 5.69 Å². The van der Waals surface area contributed by atoms with Crippen molar-refractivity contribution < 1.29 is 17.6 Å². The Morgan fingerprint density at radius 3 is 2.59 bits per heavy atom. The molecule has 2 N–H and O–H groups in total. The molecule has 1 aromatic carbocycles. The van der Waals surface area contributed by atoms with Crippen molar-refractivity contribution in [3.05, 3.63) is 47.7 Å². The molecule has 0 spiro atoms. The molecule has 2 aromatic rings. The number of benzene rings is 1. The lowest BCUT2D eigenvalue weighted by Crippen LogP contribution is -2.43. The van der Waals surface area contributed by atoms with Crippen LogP contribution in [0, 0.1) is 0 Å². The molecule has 1 amide bonds. The maximum absolute atomic E-state index is 12.3. The molecule has 1 fully saturated rings. The Morgan fingerprint density at radius 1 is 1.15 bits per heavy atom. The van der Waals surface area contributed by atoms with E-state index in [9.17, 15) is 13.2 Å². The van der Waals surface area contributed by atoms with Crippen LogP contribution in [0.3, 0.4) is 0 Å². The molecule has 0 radical (unpaired) electrons. The Kier molecular flexibility index (Phi) is 5.95. The van der Waals surface area contributed by atoms with Crippen molar-refractivity contribution in [2.24, 2.45) is 0 Å². The van der Waals surface area contributed by atoms with Gasteiger partial charge in [-0.1, -0.05) is 12.1 Å². The van der Waals surface area contributed by atoms with Gasteiger partial charge in [-0.15, -0.1) is 0 Å². The van der Waals surface area contributed by atoms with E-state index in [-0.39, 0.29) is 10.9 Å². The van der Waals surface area contributed by atoms with Crippen molar-refractivity contribution in [1.82, 2.24) is 14.5 Å². The monoisotopic (exact) mass is 392 g/mol. The van der Waals surface area contributed by atoms with Crippen molar-refractivity contribution in [2.75, 3.05) is 45.6 Å². The van der Waals surface area contributed by atoms with Gasteiger partial charge in [0.15, 0.2) is 5.76 Å². The van der Waals surface area contributed by atoms with Crippen LogP contribution in [0.5, 0.6) is 0 Å². The number of sulfonamides is 1. The van der Waals surface area contributed by atoms with Gasteiger partial charge >= 0.3 is 0 Å². The number of anilines is 1. The molecule has 2 heterocycles. The number of amides is 1. The molecule has 1 saturated heterocycles. The number of rotatable bonds is 6. The summed E-state index contributed by atoms with van der Waals surface area (Å²) in [4.78, 5) is 17.0. The molecule has 3 rings (SSSR count). The predicted octanol–water partition coefficient (Wildman–Crippen LogP) is 1.19. The first-order valence-corrected chi connectivity index (χ1v) is 10.2. The number of furan rings is 1. The minimum atomic E-state index is -3.72. The lowest BCUT2D eigenvalue weighted by molar-refractivity contribution is 0.0991. The fourth-order valence-electron chi connectivity index (χ4n) is 2.89. The molecule has 0 saturated carbocycles. The van der Waals surface area contributed by atoms with Crippen LogP contribution in [-0.4, -0.2) is 64.4 Å². The number of hydrogen-bond donors (Lipinski definition) is 2. The first-order chi connectivity index (χ1) is 12.9. The van der Waals surface area contributed by atoms with E-state index in [4.69, 9.17) is 4.42 Å². The Labute approximate surface area is 159 Å². The fraction of sp³-hybridized carbons (Fsp3) is 0.389. The number of carbonyl (C=O) groups excluding carboxylic acids is 1. The van der Waals surface area contributed by atoms with Gasteiger partial charge in [0, 0.05) is 38.4 Å². The quantitative estimate of drug-likeness (QED) is 0.767. The Bertz CT molecular complexity index is 902. The van der Waals surface area contributed by atoms with Gasteiger partial charge in [0.2, 0.25) is 5.09 Å². The number of nitrogens with zero attached hydrogens (tertiary/aromatic N) is 2. The molecule has 146 valence electrons. The summed E-state index contributed by atoms with van der Waals surface area (Å²) in [6.45, 7) is 4.95. The highest BCUT2D eigenvalue weighted by Gasteiger charge is 2.20. The number of piperazine rings is 1. The zero-order valence-corrected chi connectivity index (χ0v) is 16.3. The molecule has 27 heavy (non-hydrogen) atoms. The van der Waals surface area contributed by atoms with Gasteiger partial charge in [-0.05, 0) is 43.9 Å².